The average molecular weight is 434 g/mol. The number of amides is 3. The van der Waals surface area contributed by atoms with Gasteiger partial charge in [0.25, 0.3) is 0 Å². The van der Waals surface area contributed by atoms with Gasteiger partial charge in [-0.2, -0.15) is 0 Å². The Balaban J connectivity index is 1.57. The Morgan fingerprint density at radius 1 is 0.963 bits per heavy atom. The van der Waals surface area contributed by atoms with Crippen LogP contribution in [0, 0.1) is 0 Å². The normalized spacial score (nSPS) is 15.0. The third-order valence-electron chi connectivity index (χ3n) is 4.27. The van der Waals surface area contributed by atoms with Gasteiger partial charge in [0, 0.05) is 36.3 Å². The van der Waals surface area contributed by atoms with Gasteiger partial charge in [0.2, 0.25) is 0 Å². The van der Waals surface area contributed by atoms with Gasteiger partial charge in [0.05, 0.1) is 0 Å². The third kappa shape index (κ3) is 5.13. The number of carbonyl (C=O) groups is 2. The maximum atomic E-state index is 12.5. The lowest BCUT2D eigenvalue weighted by Crippen LogP contribution is -2.52. The minimum absolute atomic E-state index is 0.157. The van der Waals surface area contributed by atoms with Crippen LogP contribution in [0.4, 0.5) is 15.3 Å². The molecule has 0 saturated carbocycles. The molecular formula is C20H24BrN3O3. The van der Waals surface area contributed by atoms with Crippen molar-refractivity contribution < 1.29 is 14.3 Å². The van der Waals surface area contributed by atoms with Crippen LogP contribution in [0.15, 0.2) is 40.9 Å². The first-order chi connectivity index (χ1) is 12.7. The van der Waals surface area contributed by atoms with E-state index in [1.165, 1.54) is 0 Å². The fourth-order valence-electron chi connectivity index (χ4n) is 2.92. The molecule has 1 heterocycles. The van der Waals surface area contributed by atoms with Crippen LogP contribution in [0.25, 0.3) is 10.8 Å². The number of fused-ring (bicyclic) bond motifs is 1. The second-order valence-electron chi connectivity index (χ2n) is 7.59. The summed E-state index contributed by atoms with van der Waals surface area (Å²) in [5, 5.41) is 5.11. The number of rotatable bonds is 1. The van der Waals surface area contributed by atoms with Crippen LogP contribution in [0.1, 0.15) is 20.8 Å². The molecule has 0 bridgehead atoms. The number of anilines is 1. The van der Waals surface area contributed by atoms with Crippen molar-refractivity contribution in [2.24, 2.45) is 0 Å². The van der Waals surface area contributed by atoms with Crippen LogP contribution < -0.4 is 5.32 Å². The predicted octanol–water partition coefficient (Wildman–Crippen LogP) is 4.69. The molecule has 0 aliphatic carbocycles. The first kappa shape index (κ1) is 19.5. The van der Waals surface area contributed by atoms with Crippen molar-refractivity contribution in [3.05, 3.63) is 40.9 Å². The van der Waals surface area contributed by atoms with Crippen molar-refractivity contribution in [2.75, 3.05) is 31.5 Å². The summed E-state index contributed by atoms with van der Waals surface area (Å²) >= 11 is 3.46. The maximum Gasteiger partial charge on any atom is 0.410 e. The first-order valence-electron chi connectivity index (χ1n) is 8.94. The van der Waals surface area contributed by atoms with Crippen LogP contribution >= 0.6 is 15.9 Å². The molecule has 0 atom stereocenters. The van der Waals surface area contributed by atoms with Crippen LogP contribution in [-0.4, -0.2) is 53.7 Å². The topological polar surface area (TPSA) is 61.9 Å². The minimum atomic E-state index is -0.517. The molecule has 0 spiro atoms. The Bertz CT molecular complexity index is 855. The molecule has 1 aliphatic heterocycles. The molecular weight excluding hydrogens is 410 g/mol. The van der Waals surface area contributed by atoms with E-state index in [0.29, 0.717) is 26.2 Å². The van der Waals surface area contributed by atoms with Crippen LogP contribution in [-0.2, 0) is 4.74 Å². The summed E-state index contributed by atoms with van der Waals surface area (Å²) in [7, 11) is 0. The number of urea groups is 1. The largest absolute Gasteiger partial charge is 0.444 e. The van der Waals surface area contributed by atoms with E-state index >= 15 is 0 Å². The Kier molecular flexibility index (Phi) is 5.60. The Labute approximate surface area is 167 Å². The predicted molar refractivity (Wildman–Crippen MR) is 110 cm³/mol. The summed E-state index contributed by atoms with van der Waals surface area (Å²) in [6, 6.07) is 11.7. The van der Waals surface area contributed by atoms with Gasteiger partial charge >= 0.3 is 12.1 Å². The van der Waals surface area contributed by atoms with E-state index in [2.05, 4.69) is 21.2 Å². The molecule has 1 aliphatic rings. The molecule has 6 nitrogen and oxygen atoms in total. The van der Waals surface area contributed by atoms with Crippen molar-refractivity contribution in [1.82, 2.24) is 9.80 Å². The molecule has 27 heavy (non-hydrogen) atoms. The second-order valence-corrected chi connectivity index (χ2v) is 8.51. The summed E-state index contributed by atoms with van der Waals surface area (Å²) in [5.41, 5.74) is 0.237. The highest BCUT2D eigenvalue weighted by Crippen LogP contribution is 2.23. The van der Waals surface area contributed by atoms with Gasteiger partial charge in [-0.3, -0.25) is 0 Å². The summed E-state index contributed by atoms with van der Waals surface area (Å²) in [6.45, 7) is 7.42. The van der Waals surface area contributed by atoms with E-state index in [1.54, 1.807) is 9.80 Å². The SMILES string of the molecule is CC(C)(C)OC(=O)N1CCN(C(=O)Nc2ccc3cc(Br)ccc3c2)CC1. The van der Waals surface area contributed by atoms with E-state index in [1.807, 2.05) is 57.2 Å². The fourth-order valence-corrected chi connectivity index (χ4v) is 3.29. The molecule has 2 aromatic carbocycles. The Morgan fingerprint density at radius 2 is 1.56 bits per heavy atom. The molecule has 144 valence electrons. The van der Waals surface area contributed by atoms with Crippen LogP contribution in [0.3, 0.4) is 0 Å². The molecule has 0 aromatic heterocycles. The van der Waals surface area contributed by atoms with Crippen LogP contribution in [0.2, 0.25) is 0 Å². The van der Waals surface area contributed by atoms with Crippen molar-refractivity contribution in [1.29, 1.82) is 0 Å². The molecule has 1 fully saturated rings. The number of carbonyl (C=O) groups excluding carboxylic acids is 2. The van der Waals surface area contributed by atoms with Gasteiger partial charge in [-0.15, -0.1) is 0 Å². The van der Waals surface area contributed by atoms with Gasteiger partial charge in [0.1, 0.15) is 5.60 Å². The number of nitrogens with zero attached hydrogens (tertiary/aromatic N) is 2. The number of hydrogen-bond donors (Lipinski definition) is 1. The van der Waals surface area contributed by atoms with Crippen molar-refractivity contribution in [3.8, 4) is 0 Å². The van der Waals surface area contributed by atoms with Gasteiger partial charge < -0.3 is 19.9 Å². The zero-order valence-electron chi connectivity index (χ0n) is 15.8. The number of ether oxygens (including phenoxy) is 1. The van der Waals surface area contributed by atoms with Gasteiger partial charge in [0.15, 0.2) is 0 Å². The minimum Gasteiger partial charge on any atom is -0.444 e. The van der Waals surface area contributed by atoms with Gasteiger partial charge in [-0.05, 0) is 55.8 Å². The monoisotopic (exact) mass is 433 g/mol. The van der Waals surface area contributed by atoms with Crippen molar-refractivity contribution in [2.45, 2.75) is 26.4 Å². The molecule has 7 heteroatoms. The highest BCUT2D eigenvalue weighted by atomic mass is 79.9. The summed E-state index contributed by atoms with van der Waals surface area (Å²) in [5.74, 6) is 0. The highest BCUT2D eigenvalue weighted by molar-refractivity contribution is 9.10. The highest BCUT2D eigenvalue weighted by Gasteiger charge is 2.27. The molecule has 1 N–H and O–H groups in total. The zero-order chi connectivity index (χ0) is 19.6. The van der Waals surface area contributed by atoms with E-state index < -0.39 is 5.60 Å². The van der Waals surface area contributed by atoms with Gasteiger partial charge in [-0.25, -0.2) is 9.59 Å². The zero-order valence-corrected chi connectivity index (χ0v) is 17.4. The van der Waals surface area contributed by atoms with E-state index in [0.717, 1.165) is 20.9 Å². The number of piperazine rings is 1. The van der Waals surface area contributed by atoms with Crippen LogP contribution in [0.5, 0.6) is 0 Å². The van der Waals surface area contributed by atoms with Gasteiger partial charge in [-0.1, -0.05) is 28.1 Å². The Hall–Kier alpha value is -2.28. The molecule has 0 unspecified atom stereocenters. The lowest BCUT2D eigenvalue weighted by atomic mass is 10.1. The fraction of sp³-hybridized carbons (Fsp3) is 0.400. The summed E-state index contributed by atoms with van der Waals surface area (Å²) in [4.78, 5) is 28.0. The lowest BCUT2D eigenvalue weighted by molar-refractivity contribution is 0.0174. The quantitative estimate of drug-likeness (QED) is 0.709. The summed E-state index contributed by atoms with van der Waals surface area (Å²) in [6.07, 6.45) is -0.330. The first-order valence-corrected chi connectivity index (χ1v) is 9.74. The van der Waals surface area contributed by atoms with E-state index in [-0.39, 0.29) is 12.1 Å². The lowest BCUT2D eigenvalue weighted by Gasteiger charge is -2.35. The number of hydrogen-bond acceptors (Lipinski definition) is 3. The molecule has 3 rings (SSSR count). The smallest absolute Gasteiger partial charge is 0.410 e. The standard InChI is InChI=1S/C20H24BrN3O3/c1-20(2,3)27-19(26)24-10-8-23(9-11-24)18(25)22-17-7-5-14-12-16(21)6-4-15(14)13-17/h4-7,12-13H,8-11H2,1-3H3,(H,22,25). The van der Waals surface area contributed by atoms with Crippen molar-refractivity contribution in [3.63, 3.8) is 0 Å². The maximum absolute atomic E-state index is 12.5. The summed E-state index contributed by atoms with van der Waals surface area (Å²) < 4.78 is 6.41. The molecule has 2 aromatic rings. The molecule has 3 amide bonds. The van der Waals surface area contributed by atoms with E-state index in [9.17, 15) is 9.59 Å². The number of benzene rings is 2. The third-order valence-corrected chi connectivity index (χ3v) is 4.77. The molecule has 1 saturated heterocycles. The number of halogens is 1. The van der Waals surface area contributed by atoms with Crippen molar-refractivity contribution >= 4 is 44.5 Å². The molecule has 0 radical (unpaired) electrons. The Morgan fingerprint density at radius 3 is 2.22 bits per heavy atom. The van der Waals surface area contributed by atoms with E-state index in [4.69, 9.17) is 4.74 Å². The number of nitrogens with one attached hydrogen (secondary N) is 1. The second kappa shape index (κ2) is 7.76. The average Bonchev–Trinajstić information content (AvgIpc) is 2.60.